The van der Waals surface area contributed by atoms with Crippen LogP contribution in [0.5, 0.6) is 0 Å². The predicted octanol–water partition coefficient (Wildman–Crippen LogP) is 2.17. The highest BCUT2D eigenvalue weighted by molar-refractivity contribution is 5.97. The van der Waals surface area contributed by atoms with Crippen molar-refractivity contribution in [2.24, 2.45) is 0 Å². The fourth-order valence-corrected chi connectivity index (χ4v) is 1.37. The molecule has 1 amide bonds. The molecule has 19 heavy (non-hydrogen) atoms. The summed E-state index contributed by atoms with van der Waals surface area (Å²) in [5.74, 6) is -0.866. The maximum atomic E-state index is 11.7. The zero-order valence-electron chi connectivity index (χ0n) is 11.2. The van der Waals surface area contributed by atoms with Crippen molar-refractivity contribution in [1.29, 1.82) is 0 Å². The second kappa shape index (κ2) is 6.68. The summed E-state index contributed by atoms with van der Waals surface area (Å²) in [6.45, 7) is 4.64. The van der Waals surface area contributed by atoms with Gasteiger partial charge in [-0.05, 0) is 38.1 Å². The van der Waals surface area contributed by atoms with Crippen molar-refractivity contribution in [3.63, 3.8) is 0 Å². The van der Waals surface area contributed by atoms with E-state index in [4.69, 9.17) is 4.74 Å². The molecule has 0 unspecified atom stereocenters. The Morgan fingerprint density at radius 2 is 1.79 bits per heavy atom. The van der Waals surface area contributed by atoms with Gasteiger partial charge >= 0.3 is 5.97 Å². The van der Waals surface area contributed by atoms with Gasteiger partial charge in [0.2, 0.25) is 0 Å². The summed E-state index contributed by atoms with van der Waals surface area (Å²) in [6.07, 6.45) is -0.620. The molecular formula is C14H17NO4. The minimum absolute atomic E-state index is 0.0388. The number of amides is 1. The number of anilines is 1. The first kappa shape index (κ1) is 14.9. The molecule has 5 nitrogen and oxygen atoms in total. The van der Waals surface area contributed by atoms with Gasteiger partial charge in [0, 0.05) is 17.7 Å². The fourth-order valence-electron chi connectivity index (χ4n) is 1.37. The van der Waals surface area contributed by atoms with Gasteiger partial charge in [-0.2, -0.15) is 0 Å². The molecule has 0 bridgehead atoms. The Labute approximate surface area is 111 Å². The topological polar surface area (TPSA) is 72.5 Å². The molecular weight excluding hydrogens is 246 g/mol. The highest BCUT2D eigenvalue weighted by Crippen LogP contribution is 2.11. The third-order valence-electron chi connectivity index (χ3n) is 2.53. The Bertz CT molecular complexity index is 479. The average molecular weight is 263 g/mol. The quantitative estimate of drug-likeness (QED) is 0.652. The molecule has 0 heterocycles. The Morgan fingerprint density at radius 1 is 1.21 bits per heavy atom. The maximum absolute atomic E-state index is 11.7. The summed E-state index contributed by atoms with van der Waals surface area (Å²) < 4.78 is 4.89. The number of carbonyl (C=O) groups excluding carboxylic acids is 3. The van der Waals surface area contributed by atoms with Crippen LogP contribution in [0.25, 0.3) is 0 Å². The second-order valence-corrected chi connectivity index (χ2v) is 4.11. The number of carbonyl (C=O) groups is 3. The van der Waals surface area contributed by atoms with Crippen LogP contribution in [0.15, 0.2) is 24.3 Å². The number of ketones is 1. The summed E-state index contributed by atoms with van der Waals surface area (Å²) in [5, 5.41) is 2.61. The lowest BCUT2D eigenvalue weighted by Crippen LogP contribution is -2.29. The highest BCUT2D eigenvalue weighted by Gasteiger charge is 2.16. The van der Waals surface area contributed by atoms with E-state index in [2.05, 4.69) is 5.32 Å². The fraction of sp³-hybridized carbons (Fsp3) is 0.357. The monoisotopic (exact) mass is 263 g/mol. The Morgan fingerprint density at radius 3 is 2.26 bits per heavy atom. The van der Waals surface area contributed by atoms with Gasteiger partial charge in [-0.3, -0.25) is 14.4 Å². The third-order valence-corrected chi connectivity index (χ3v) is 2.53. The van der Waals surface area contributed by atoms with Crippen molar-refractivity contribution in [2.45, 2.75) is 33.3 Å². The van der Waals surface area contributed by atoms with Crippen LogP contribution >= 0.6 is 0 Å². The number of Topliss-reactive ketones (excluding diaryl/α,β-unsaturated/α-hetero) is 1. The van der Waals surface area contributed by atoms with E-state index >= 15 is 0 Å². The predicted molar refractivity (Wildman–Crippen MR) is 70.9 cm³/mol. The van der Waals surface area contributed by atoms with Gasteiger partial charge in [-0.15, -0.1) is 0 Å². The smallest absolute Gasteiger partial charge is 0.306 e. The molecule has 0 aliphatic heterocycles. The van der Waals surface area contributed by atoms with Crippen LogP contribution in [-0.2, 0) is 14.3 Å². The molecule has 1 atom stereocenters. The minimum Gasteiger partial charge on any atom is -0.453 e. The number of hydrogen-bond donors (Lipinski definition) is 1. The van der Waals surface area contributed by atoms with E-state index in [1.54, 1.807) is 31.2 Å². The van der Waals surface area contributed by atoms with Crippen molar-refractivity contribution in [3.8, 4) is 0 Å². The van der Waals surface area contributed by atoms with Crippen molar-refractivity contribution in [1.82, 2.24) is 0 Å². The Kier molecular flexibility index (Phi) is 5.23. The van der Waals surface area contributed by atoms with Gasteiger partial charge < -0.3 is 10.1 Å². The van der Waals surface area contributed by atoms with Gasteiger partial charge in [0.05, 0.1) is 0 Å². The molecule has 0 saturated carbocycles. The zero-order chi connectivity index (χ0) is 14.4. The van der Waals surface area contributed by atoms with Crippen LogP contribution in [0.1, 0.15) is 37.6 Å². The van der Waals surface area contributed by atoms with Gasteiger partial charge in [0.15, 0.2) is 11.9 Å². The van der Waals surface area contributed by atoms with Crippen molar-refractivity contribution < 1.29 is 19.1 Å². The van der Waals surface area contributed by atoms with Gasteiger partial charge in [-0.1, -0.05) is 6.92 Å². The lowest BCUT2D eigenvalue weighted by Gasteiger charge is -2.13. The summed E-state index contributed by atoms with van der Waals surface area (Å²) in [6, 6.07) is 6.51. The standard InChI is InChI=1S/C14H17NO4/c1-4-13(17)19-10(3)14(18)15-12-7-5-11(6-8-12)9(2)16/h5-8,10H,4H2,1-3H3,(H,15,18)/t10-/m1/s1. The summed E-state index contributed by atoms with van der Waals surface area (Å²) >= 11 is 0. The zero-order valence-corrected chi connectivity index (χ0v) is 11.2. The number of esters is 1. The molecule has 0 aliphatic rings. The minimum atomic E-state index is -0.847. The average Bonchev–Trinajstić information content (AvgIpc) is 2.38. The van der Waals surface area contributed by atoms with Crippen LogP contribution in [0.3, 0.4) is 0 Å². The molecule has 0 saturated heterocycles. The molecule has 5 heteroatoms. The van der Waals surface area contributed by atoms with E-state index in [0.29, 0.717) is 11.3 Å². The van der Waals surface area contributed by atoms with Gasteiger partial charge in [0.25, 0.3) is 5.91 Å². The molecule has 0 aromatic heterocycles. The first-order valence-electron chi connectivity index (χ1n) is 6.05. The van der Waals surface area contributed by atoms with E-state index in [9.17, 15) is 14.4 Å². The molecule has 1 N–H and O–H groups in total. The molecule has 102 valence electrons. The summed E-state index contributed by atoms with van der Waals surface area (Å²) in [5.41, 5.74) is 1.12. The molecule has 1 aromatic rings. The van der Waals surface area contributed by atoms with E-state index < -0.39 is 18.0 Å². The van der Waals surface area contributed by atoms with Gasteiger partial charge in [0.1, 0.15) is 0 Å². The number of ether oxygens (including phenoxy) is 1. The lowest BCUT2D eigenvalue weighted by molar-refractivity contribution is -0.152. The Balaban J connectivity index is 2.61. The van der Waals surface area contributed by atoms with Crippen LogP contribution in [0.2, 0.25) is 0 Å². The molecule has 1 aromatic carbocycles. The van der Waals surface area contributed by atoms with Crippen LogP contribution in [0.4, 0.5) is 5.69 Å². The number of nitrogens with one attached hydrogen (secondary N) is 1. The molecule has 0 aliphatic carbocycles. The molecule has 1 rings (SSSR count). The van der Waals surface area contributed by atoms with Crippen LogP contribution in [0, 0.1) is 0 Å². The van der Waals surface area contributed by atoms with Gasteiger partial charge in [-0.25, -0.2) is 0 Å². The van der Waals surface area contributed by atoms with Crippen molar-refractivity contribution >= 4 is 23.3 Å². The Hall–Kier alpha value is -2.17. The van der Waals surface area contributed by atoms with Crippen molar-refractivity contribution in [2.75, 3.05) is 5.32 Å². The maximum Gasteiger partial charge on any atom is 0.306 e. The van der Waals surface area contributed by atoms with E-state index in [-0.39, 0.29) is 12.2 Å². The highest BCUT2D eigenvalue weighted by atomic mass is 16.5. The lowest BCUT2D eigenvalue weighted by atomic mass is 10.1. The molecule has 0 radical (unpaired) electrons. The first-order valence-corrected chi connectivity index (χ1v) is 6.05. The third kappa shape index (κ3) is 4.54. The number of benzene rings is 1. The normalized spacial score (nSPS) is 11.5. The summed E-state index contributed by atoms with van der Waals surface area (Å²) in [7, 11) is 0. The largest absolute Gasteiger partial charge is 0.453 e. The van der Waals surface area contributed by atoms with Crippen LogP contribution < -0.4 is 5.32 Å². The van der Waals surface area contributed by atoms with E-state index in [1.165, 1.54) is 13.8 Å². The number of hydrogen-bond acceptors (Lipinski definition) is 4. The first-order chi connectivity index (χ1) is 8.93. The van der Waals surface area contributed by atoms with E-state index in [0.717, 1.165) is 0 Å². The summed E-state index contributed by atoms with van der Waals surface area (Å²) in [4.78, 5) is 33.9. The number of rotatable bonds is 5. The SMILES string of the molecule is CCC(=O)O[C@H](C)C(=O)Nc1ccc(C(C)=O)cc1. The molecule has 0 spiro atoms. The second-order valence-electron chi connectivity index (χ2n) is 4.11. The molecule has 0 fully saturated rings. The van der Waals surface area contributed by atoms with Crippen molar-refractivity contribution in [3.05, 3.63) is 29.8 Å². The van der Waals surface area contributed by atoms with E-state index in [1.807, 2.05) is 0 Å². The van der Waals surface area contributed by atoms with Crippen LogP contribution in [-0.4, -0.2) is 23.8 Å².